The average Bonchev–Trinajstić information content (AvgIpc) is 2.21. The summed E-state index contributed by atoms with van der Waals surface area (Å²) in [5.41, 5.74) is 6.59. The van der Waals surface area contributed by atoms with Gasteiger partial charge in [0.1, 0.15) is 5.82 Å². The molecule has 1 aromatic rings. The summed E-state index contributed by atoms with van der Waals surface area (Å²) >= 11 is 0. The standard InChI is InChI=1S/C11H12FNO/c12-11-5-4-9(8-13)7-10(11)3-1-2-6-14/h4-5,7,14H,2,6,8,13H2. The number of aliphatic hydroxyl groups is 1. The van der Waals surface area contributed by atoms with Crippen LogP contribution in [0.4, 0.5) is 4.39 Å². The Kier molecular flexibility index (Phi) is 4.11. The van der Waals surface area contributed by atoms with Gasteiger partial charge in [-0.1, -0.05) is 17.9 Å². The first-order valence-corrected chi connectivity index (χ1v) is 4.36. The van der Waals surface area contributed by atoms with E-state index in [0.717, 1.165) is 5.56 Å². The van der Waals surface area contributed by atoms with Gasteiger partial charge >= 0.3 is 0 Å². The van der Waals surface area contributed by atoms with E-state index in [1.165, 1.54) is 6.07 Å². The van der Waals surface area contributed by atoms with Crippen LogP contribution in [0.15, 0.2) is 18.2 Å². The highest BCUT2D eigenvalue weighted by molar-refractivity contribution is 5.38. The van der Waals surface area contributed by atoms with Crippen LogP contribution in [0.5, 0.6) is 0 Å². The van der Waals surface area contributed by atoms with Crippen molar-refractivity contribution in [3.63, 3.8) is 0 Å². The van der Waals surface area contributed by atoms with Crippen LogP contribution in [0.1, 0.15) is 17.5 Å². The summed E-state index contributed by atoms with van der Waals surface area (Å²) in [7, 11) is 0. The highest BCUT2D eigenvalue weighted by Crippen LogP contribution is 2.08. The van der Waals surface area contributed by atoms with E-state index in [1.807, 2.05) is 0 Å². The number of rotatable bonds is 2. The second kappa shape index (κ2) is 5.38. The largest absolute Gasteiger partial charge is 0.395 e. The molecule has 0 unspecified atom stereocenters. The fraction of sp³-hybridized carbons (Fsp3) is 0.273. The quantitative estimate of drug-likeness (QED) is 0.689. The smallest absolute Gasteiger partial charge is 0.138 e. The normalized spacial score (nSPS) is 9.36. The number of aliphatic hydroxyl groups excluding tert-OH is 1. The van der Waals surface area contributed by atoms with Crippen LogP contribution in [0.25, 0.3) is 0 Å². The second-order valence-electron chi connectivity index (χ2n) is 2.79. The lowest BCUT2D eigenvalue weighted by atomic mass is 10.1. The van der Waals surface area contributed by atoms with Crippen LogP contribution in [-0.4, -0.2) is 11.7 Å². The Morgan fingerprint density at radius 3 is 2.86 bits per heavy atom. The lowest BCUT2D eigenvalue weighted by molar-refractivity contribution is 0.305. The van der Waals surface area contributed by atoms with Gasteiger partial charge in [0, 0.05) is 13.0 Å². The summed E-state index contributed by atoms with van der Waals surface area (Å²) in [6.45, 7) is 0.361. The van der Waals surface area contributed by atoms with Crippen LogP contribution < -0.4 is 5.73 Å². The van der Waals surface area contributed by atoms with E-state index in [4.69, 9.17) is 10.8 Å². The predicted octanol–water partition coefficient (Wildman–Crippen LogP) is 1.02. The Hall–Kier alpha value is -1.37. The topological polar surface area (TPSA) is 46.2 Å². The van der Waals surface area contributed by atoms with Gasteiger partial charge in [0.05, 0.1) is 12.2 Å². The Balaban J connectivity index is 2.91. The molecule has 0 atom stereocenters. The minimum atomic E-state index is -0.354. The van der Waals surface area contributed by atoms with E-state index in [0.29, 0.717) is 18.5 Å². The van der Waals surface area contributed by atoms with Gasteiger partial charge in [0.15, 0.2) is 0 Å². The highest BCUT2D eigenvalue weighted by Gasteiger charge is 1.99. The molecule has 1 rings (SSSR count). The molecule has 2 nitrogen and oxygen atoms in total. The third-order valence-corrected chi connectivity index (χ3v) is 1.73. The number of hydrogen-bond acceptors (Lipinski definition) is 2. The third-order valence-electron chi connectivity index (χ3n) is 1.73. The molecular weight excluding hydrogens is 181 g/mol. The van der Waals surface area contributed by atoms with Crippen LogP contribution in [0, 0.1) is 17.7 Å². The molecule has 0 radical (unpaired) electrons. The molecule has 0 bridgehead atoms. The van der Waals surface area contributed by atoms with Gasteiger partial charge in [0.2, 0.25) is 0 Å². The molecule has 0 spiro atoms. The Labute approximate surface area is 82.6 Å². The van der Waals surface area contributed by atoms with Gasteiger partial charge < -0.3 is 10.8 Å². The maximum absolute atomic E-state index is 13.1. The second-order valence-corrected chi connectivity index (χ2v) is 2.79. The number of halogens is 1. The molecule has 0 heterocycles. The van der Waals surface area contributed by atoms with Gasteiger partial charge in [-0.2, -0.15) is 0 Å². The maximum Gasteiger partial charge on any atom is 0.138 e. The van der Waals surface area contributed by atoms with Gasteiger partial charge in [-0.25, -0.2) is 4.39 Å². The predicted molar refractivity (Wildman–Crippen MR) is 52.9 cm³/mol. The van der Waals surface area contributed by atoms with Crippen LogP contribution in [0.2, 0.25) is 0 Å². The molecule has 14 heavy (non-hydrogen) atoms. The molecule has 0 aromatic heterocycles. The molecule has 0 saturated heterocycles. The molecule has 3 N–H and O–H groups in total. The first kappa shape index (κ1) is 10.7. The zero-order valence-corrected chi connectivity index (χ0v) is 7.76. The molecule has 1 aromatic carbocycles. The Morgan fingerprint density at radius 2 is 2.21 bits per heavy atom. The SMILES string of the molecule is NCc1ccc(F)c(C#CCCO)c1. The van der Waals surface area contributed by atoms with Crippen molar-refractivity contribution in [3.8, 4) is 11.8 Å². The van der Waals surface area contributed by atoms with Crippen molar-refractivity contribution in [1.29, 1.82) is 0 Å². The zero-order valence-electron chi connectivity index (χ0n) is 7.76. The summed E-state index contributed by atoms with van der Waals surface area (Å²) in [6.07, 6.45) is 0.353. The fourth-order valence-corrected chi connectivity index (χ4v) is 1.01. The van der Waals surface area contributed by atoms with Crippen molar-refractivity contribution in [2.75, 3.05) is 6.61 Å². The molecule has 3 heteroatoms. The molecule has 0 saturated carbocycles. The fourth-order valence-electron chi connectivity index (χ4n) is 1.01. The van der Waals surface area contributed by atoms with Crippen molar-refractivity contribution >= 4 is 0 Å². The van der Waals surface area contributed by atoms with Crippen molar-refractivity contribution in [3.05, 3.63) is 35.1 Å². The Morgan fingerprint density at radius 1 is 1.43 bits per heavy atom. The first-order valence-electron chi connectivity index (χ1n) is 4.36. The third kappa shape index (κ3) is 2.84. The van der Waals surface area contributed by atoms with Gasteiger partial charge in [0.25, 0.3) is 0 Å². The summed E-state index contributed by atoms with van der Waals surface area (Å²) < 4.78 is 13.1. The van der Waals surface area contributed by atoms with Crippen molar-refractivity contribution in [2.24, 2.45) is 5.73 Å². The summed E-state index contributed by atoms with van der Waals surface area (Å²) in [4.78, 5) is 0. The lowest BCUT2D eigenvalue weighted by Crippen LogP contribution is -1.97. The molecule has 0 fully saturated rings. The van der Waals surface area contributed by atoms with E-state index in [2.05, 4.69) is 11.8 Å². The van der Waals surface area contributed by atoms with Gasteiger partial charge in [-0.05, 0) is 17.7 Å². The van der Waals surface area contributed by atoms with E-state index in [1.54, 1.807) is 12.1 Å². The summed E-state index contributed by atoms with van der Waals surface area (Å²) in [5.74, 6) is 4.96. The van der Waals surface area contributed by atoms with Crippen LogP contribution in [-0.2, 0) is 6.54 Å². The van der Waals surface area contributed by atoms with Gasteiger partial charge in [-0.15, -0.1) is 0 Å². The average molecular weight is 193 g/mol. The molecule has 0 aliphatic carbocycles. The van der Waals surface area contributed by atoms with Gasteiger partial charge in [-0.3, -0.25) is 0 Å². The van der Waals surface area contributed by atoms with Crippen molar-refractivity contribution in [2.45, 2.75) is 13.0 Å². The molecular formula is C11H12FNO. The van der Waals surface area contributed by atoms with Crippen LogP contribution in [0.3, 0.4) is 0 Å². The molecule has 0 amide bonds. The highest BCUT2D eigenvalue weighted by atomic mass is 19.1. The van der Waals surface area contributed by atoms with E-state index < -0.39 is 0 Å². The Bertz CT molecular complexity index is 365. The number of hydrogen-bond donors (Lipinski definition) is 2. The van der Waals surface area contributed by atoms with E-state index in [9.17, 15) is 4.39 Å². The minimum absolute atomic E-state index is 0.00873. The zero-order chi connectivity index (χ0) is 10.4. The van der Waals surface area contributed by atoms with Crippen molar-refractivity contribution < 1.29 is 9.50 Å². The van der Waals surface area contributed by atoms with Crippen LogP contribution >= 0.6 is 0 Å². The molecule has 0 aliphatic heterocycles. The summed E-state index contributed by atoms with van der Waals surface area (Å²) in [5, 5.41) is 8.50. The minimum Gasteiger partial charge on any atom is -0.395 e. The number of nitrogens with two attached hydrogens (primary N) is 1. The molecule has 0 aliphatic rings. The maximum atomic E-state index is 13.1. The van der Waals surface area contributed by atoms with E-state index >= 15 is 0 Å². The molecule has 74 valence electrons. The first-order chi connectivity index (χ1) is 6.77. The lowest BCUT2D eigenvalue weighted by Gasteiger charge is -1.98. The number of benzene rings is 1. The van der Waals surface area contributed by atoms with Crippen molar-refractivity contribution in [1.82, 2.24) is 0 Å². The monoisotopic (exact) mass is 193 g/mol. The summed E-state index contributed by atoms with van der Waals surface area (Å²) in [6, 6.07) is 4.61. The van der Waals surface area contributed by atoms with E-state index in [-0.39, 0.29) is 12.4 Å².